The van der Waals surface area contributed by atoms with E-state index in [2.05, 4.69) is 11.1 Å². The first-order valence-corrected chi connectivity index (χ1v) is 11.2. The molecule has 32 heavy (non-hydrogen) atoms. The maximum absolute atomic E-state index is 13.5. The van der Waals surface area contributed by atoms with E-state index in [9.17, 15) is 9.59 Å². The van der Waals surface area contributed by atoms with Gasteiger partial charge in [-0.25, -0.2) is 4.98 Å². The Morgan fingerprint density at radius 2 is 2.03 bits per heavy atom. The second-order valence-electron chi connectivity index (χ2n) is 8.47. The average molecular weight is 431 g/mol. The molecule has 0 radical (unpaired) electrons. The van der Waals surface area contributed by atoms with Gasteiger partial charge in [-0.1, -0.05) is 36.4 Å². The molecular formula is C26H26N2O4. The number of carbonyl (C=O) groups excluding carboxylic acids is 2. The third-order valence-electron chi connectivity index (χ3n) is 6.20. The molecule has 1 amide bonds. The number of amides is 1. The van der Waals surface area contributed by atoms with Crippen LogP contribution in [0.2, 0.25) is 0 Å². The Bertz CT molecular complexity index is 1180. The predicted octanol–water partition coefficient (Wildman–Crippen LogP) is 4.01. The van der Waals surface area contributed by atoms with Gasteiger partial charge in [0.2, 0.25) is 0 Å². The SMILES string of the molecule is CCOC(=O)C1CC1CN(Cc1ccc2c(c1)CCO2)C(=O)c1ccc2ccccc2n1. The van der Waals surface area contributed by atoms with E-state index in [4.69, 9.17) is 9.47 Å². The van der Waals surface area contributed by atoms with Crippen molar-refractivity contribution >= 4 is 22.8 Å². The molecule has 1 aliphatic carbocycles. The van der Waals surface area contributed by atoms with E-state index in [1.165, 1.54) is 5.56 Å². The molecule has 1 aliphatic heterocycles. The first-order chi connectivity index (χ1) is 15.6. The first-order valence-electron chi connectivity index (χ1n) is 11.2. The number of aromatic nitrogens is 1. The third-order valence-corrected chi connectivity index (χ3v) is 6.20. The zero-order valence-corrected chi connectivity index (χ0v) is 18.1. The van der Waals surface area contributed by atoms with Crippen molar-refractivity contribution in [2.45, 2.75) is 26.3 Å². The number of carbonyl (C=O) groups is 2. The van der Waals surface area contributed by atoms with Gasteiger partial charge in [-0.15, -0.1) is 0 Å². The standard InChI is InChI=1S/C26H26N2O4/c1-2-31-26(30)21-14-20(21)16-28(15-17-7-10-24-19(13-17)11-12-32-24)25(29)23-9-8-18-5-3-4-6-22(18)27-23/h3-10,13,20-21H,2,11-12,14-16H2,1H3. The Hall–Kier alpha value is -3.41. The van der Waals surface area contributed by atoms with Crippen molar-refractivity contribution in [3.63, 3.8) is 0 Å². The number of para-hydroxylation sites is 1. The molecule has 164 valence electrons. The fourth-order valence-corrected chi connectivity index (χ4v) is 4.40. The van der Waals surface area contributed by atoms with Crippen molar-refractivity contribution in [3.05, 3.63) is 71.4 Å². The number of benzene rings is 2. The van der Waals surface area contributed by atoms with E-state index >= 15 is 0 Å². The minimum atomic E-state index is -0.164. The van der Waals surface area contributed by atoms with Gasteiger partial charge < -0.3 is 14.4 Å². The van der Waals surface area contributed by atoms with Crippen molar-refractivity contribution < 1.29 is 19.1 Å². The molecule has 2 atom stereocenters. The summed E-state index contributed by atoms with van der Waals surface area (Å²) in [5, 5.41) is 0.999. The summed E-state index contributed by atoms with van der Waals surface area (Å²) >= 11 is 0. The Morgan fingerprint density at radius 1 is 1.16 bits per heavy atom. The van der Waals surface area contributed by atoms with Gasteiger partial charge in [-0.3, -0.25) is 9.59 Å². The Balaban J connectivity index is 1.39. The van der Waals surface area contributed by atoms with E-state index in [1.54, 1.807) is 6.07 Å². The molecule has 2 unspecified atom stereocenters. The van der Waals surface area contributed by atoms with Crippen LogP contribution in [0.25, 0.3) is 10.9 Å². The molecule has 2 heterocycles. The summed E-state index contributed by atoms with van der Waals surface area (Å²) in [4.78, 5) is 32.1. The summed E-state index contributed by atoms with van der Waals surface area (Å²) in [5.41, 5.74) is 3.44. The fourth-order valence-electron chi connectivity index (χ4n) is 4.40. The Labute approximate surface area is 187 Å². The van der Waals surface area contributed by atoms with Gasteiger partial charge in [0.1, 0.15) is 11.4 Å². The smallest absolute Gasteiger partial charge is 0.309 e. The van der Waals surface area contributed by atoms with Gasteiger partial charge in [0, 0.05) is 24.9 Å². The highest BCUT2D eigenvalue weighted by atomic mass is 16.5. The van der Waals surface area contributed by atoms with Gasteiger partial charge >= 0.3 is 5.97 Å². The zero-order valence-electron chi connectivity index (χ0n) is 18.1. The van der Waals surface area contributed by atoms with Gasteiger partial charge in [0.25, 0.3) is 5.91 Å². The number of rotatable bonds is 7. The molecule has 2 aromatic carbocycles. The number of nitrogens with zero attached hydrogens (tertiary/aromatic N) is 2. The molecular weight excluding hydrogens is 404 g/mol. The maximum atomic E-state index is 13.5. The highest BCUT2D eigenvalue weighted by Crippen LogP contribution is 2.40. The summed E-state index contributed by atoms with van der Waals surface area (Å²) in [7, 11) is 0. The lowest BCUT2D eigenvalue weighted by molar-refractivity contribution is -0.145. The van der Waals surface area contributed by atoms with E-state index in [1.807, 2.05) is 54.3 Å². The minimum absolute atomic E-state index is 0.121. The lowest BCUT2D eigenvalue weighted by atomic mass is 10.1. The van der Waals surface area contributed by atoms with Crippen LogP contribution >= 0.6 is 0 Å². The van der Waals surface area contributed by atoms with Gasteiger partial charge in [-0.05, 0) is 48.6 Å². The summed E-state index contributed by atoms with van der Waals surface area (Å²) in [6, 6.07) is 17.6. The molecule has 6 nitrogen and oxygen atoms in total. The zero-order chi connectivity index (χ0) is 22.1. The van der Waals surface area contributed by atoms with Crippen LogP contribution in [0.1, 0.15) is 35.0 Å². The molecule has 1 saturated carbocycles. The maximum Gasteiger partial charge on any atom is 0.309 e. The topological polar surface area (TPSA) is 68.7 Å². The Kier molecular flexibility index (Phi) is 5.52. The summed E-state index contributed by atoms with van der Waals surface area (Å²) < 4.78 is 10.8. The Morgan fingerprint density at radius 3 is 2.91 bits per heavy atom. The van der Waals surface area contributed by atoms with Crippen molar-refractivity contribution in [2.24, 2.45) is 11.8 Å². The van der Waals surface area contributed by atoms with Crippen molar-refractivity contribution in [1.29, 1.82) is 0 Å². The molecule has 6 heteroatoms. The fraction of sp³-hybridized carbons (Fsp3) is 0.346. The predicted molar refractivity (Wildman–Crippen MR) is 120 cm³/mol. The molecule has 1 fully saturated rings. The monoisotopic (exact) mass is 430 g/mol. The van der Waals surface area contributed by atoms with Gasteiger partial charge in [-0.2, -0.15) is 0 Å². The van der Waals surface area contributed by atoms with E-state index in [0.717, 1.165) is 35.1 Å². The van der Waals surface area contributed by atoms with Gasteiger partial charge in [0.05, 0.1) is 24.6 Å². The third kappa shape index (κ3) is 4.17. The molecule has 0 N–H and O–H groups in total. The van der Waals surface area contributed by atoms with Crippen LogP contribution in [0.4, 0.5) is 0 Å². The summed E-state index contributed by atoms with van der Waals surface area (Å²) in [6.45, 7) is 3.86. The van der Waals surface area contributed by atoms with Crippen LogP contribution < -0.4 is 4.74 Å². The second kappa shape index (κ2) is 8.61. The largest absolute Gasteiger partial charge is 0.493 e. The minimum Gasteiger partial charge on any atom is -0.493 e. The molecule has 0 bridgehead atoms. The highest BCUT2D eigenvalue weighted by Gasteiger charge is 2.45. The lowest BCUT2D eigenvalue weighted by Gasteiger charge is -2.23. The van der Waals surface area contributed by atoms with Crippen LogP contribution in [0.5, 0.6) is 5.75 Å². The number of pyridine rings is 1. The average Bonchev–Trinajstić information content (AvgIpc) is 3.43. The second-order valence-corrected chi connectivity index (χ2v) is 8.47. The molecule has 0 spiro atoms. The molecule has 2 aliphatic rings. The van der Waals surface area contributed by atoms with E-state index < -0.39 is 0 Å². The van der Waals surface area contributed by atoms with Crippen LogP contribution in [0.3, 0.4) is 0 Å². The normalized spacial score (nSPS) is 18.7. The molecule has 0 saturated heterocycles. The van der Waals surface area contributed by atoms with Gasteiger partial charge in [0.15, 0.2) is 0 Å². The van der Waals surface area contributed by atoms with Crippen molar-refractivity contribution in [2.75, 3.05) is 19.8 Å². The molecule has 5 rings (SSSR count). The van der Waals surface area contributed by atoms with Crippen LogP contribution in [0, 0.1) is 11.8 Å². The van der Waals surface area contributed by atoms with Crippen molar-refractivity contribution in [1.82, 2.24) is 9.88 Å². The lowest BCUT2D eigenvalue weighted by Crippen LogP contribution is -2.33. The van der Waals surface area contributed by atoms with Crippen LogP contribution in [-0.2, 0) is 22.5 Å². The van der Waals surface area contributed by atoms with E-state index in [-0.39, 0.29) is 23.7 Å². The quantitative estimate of drug-likeness (QED) is 0.530. The number of hydrogen-bond donors (Lipinski definition) is 0. The van der Waals surface area contributed by atoms with Crippen LogP contribution in [-0.4, -0.2) is 41.5 Å². The number of hydrogen-bond acceptors (Lipinski definition) is 5. The first kappa shape index (κ1) is 20.5. The molecule has 3 aromatic rings. The summed E-state index contributed by atoms with van der Waals surface area (Å²) in [6.07, 6.45) is 1.64. The number of ether oxygens (including phenoxy) is 2. The van der Waals surface area contributed by atoms with Crippen LogP contribution in [0.15, 0.2) is 54.6 Å². The molecule has 1 aromatic heterocycles. The number of fused-ring (bicyclic) bond motifs is 2. The van der Waals surface area contributed by atoms with Crippen molar-refractivity contribution in [3.8, 4) is 5.75 Å². The summed E-state index contributed by atoms with van der Waals surface area (Å²) in [5.74, 6) is 0.636. The highest BCUT2D eigenvalue weighted by molar-refractivity contribution is 5.95. The van der Waals surface area contributed by atoms with E-state index in [0.29, 0.717) is 32.0 Å². The number of esters is 1.